The van der Waals surface area contributed by atoms with E-state index >= 15 is 0 Å². The number of hydrogen-bond acceptors (Lipinski definition) is 7. The minimum Gasteiger partial charge on any atom is -0.493 e. The van der Waals surface area contributed by atoms with Crippen molar-refractivity contribution in [1.29, 1.82) is 5.41 Å². The lowest BCUT2D eigenvalue weighted by Crippen LogP contribution is -2.35. The highest BCUT2D eigenvalue weighted by Crippen LogP contribution is 2.32. The van der Waals surface area contributed by atoms with Crippen molar-refractivity contribution in [1.82, 2.24) is 5.01 Å². The van der Waals surface area contributed by atoms with Crippen LogP contribution in [0.15, 0.2) is 52.1 Å². The number of carbonyl (C=O) groups excluding carboxylic acids is 1. The van der Waals surface area contributed by atoms with E-state index in [-0.39, 0.29) is 11.4 Å². The number of aryl methyl sites for hydroxylation is 2. The fourth-order valence-corrected chi connectivity index (χ4v) is 4.82. The number of amides is 1. The maximum atomic E-state index is 12.6. The molecule has 2 aliphatic rings. The molecule has 188 valence electrons. The average Bonchev–Trinajstić information content (AvgIpc) is 3.27. The summed E-state index contributed by atoms with van der Waals surface area (Å²) in [5, 5.41) is 15.7. The third kappa shape index (κ3) is 5.79. The zero-order valence-corrected chi connectivity index (χ0v) is 21.8. The van der Waals surface area contributed by atoms with E-state index in [1.165, 1.54) is 27.9 Å². The number of carbonyl (C=O) groups is 1. The number of nitrogens with one attached hydrogen (secondary N) is 1. The monoisotopic (exact) mass is 506 g/mol. The summed E-state index contributed by atoms with van der Waals surface area (Å²) in [6, 6.07) is 11.6. The topological polar surface area (TPSA) is 96.6 Å². The van der Waals surface area contributed by atoms with Crippen LogP contribution in [0.5, 0.6) is 17.2 Å². The molecule has 0 spiro atoms. The van der Waals surface area contributed by atoms with Crippen molar-refractivity contribution >= 4 is 39.8 Å². The van der Waals surface area contributed by atoms with Crippen LogP contribution in [0.4, 0.5) is 0 Å². The molecule has 2 heterocycles. The first kappa shape index (κ1) is 25.5. The summed E-state index contributed by atoms with van der Waals surface area (Å²) in [6.07, 6.45) is 4.30. The average molecular weight is 507 g/mol. The van der Waals surface area contributed by atoms with Gasteiger partial charge in [-0.3, -0.25) is 10.2 Å². The number of hydrogen-bond donors (Lipinski definition) is 1. The number of aliphatic imine (C=N–C) groups is 1. The van der Waals surface area contributed by atoms with Crippen molar-refractivity contribution in [2.24, 2.45) is 10.1 Å². The van der Waals surface area contributed by atoms with Gasteiger partial charge in [0.05, 0.1) is 12.7 Å². The van der Waals surface area contributed by atoms with Crippen molar-refractivity contribution in [3.63, 3.8) is 0 Å². The molecule has 2 aromatic carbocycles. The van der Waals surface area contributed by atoms with Gasteiger partial charge in [-0.15, -0.1) is 0 Å². The summed E-state index contributed by atoms with van der Waals surface area (Å²) in [6.45, 7) is 6.97. The summed E-state index contributed by atoms with van der Waals surface area (Å²) in [5.74, 6) is 1.48. The Kier molecular flexibility index (Phi) is 8.10. The maximum Gasteiger partial charge on any atom is 0.283 e. The Labute approximate surface area is 215 Å². The fraction of sp³-hybridized carbons (Fsp3) is 0.333. The molecule has 2 aromatic rings. The molecule has 4 rings (SSSR count). The second-order valence-corrected chi connectivity index (χ2v) is 9.42. The lowest BCUT2D eigenvalue weighted by atomic mass is 10.1. The largest absolute Gasteiger partial charge is 0.493 e. The standard InChI is InChI=1S/C27H30N4O4S/c1-5-7-24-30-31-25(28)21(26(32)29-27(31)36-24)15-19-8-9-22(23(16-19)33-4)35-11-10-34-20-13-17(3)12-18(6-2)14-20/h8-9,12-16,28H,5-7,10-11H2,1-4H3. The number of benzene rings is 2. The number of hydrazone groups is 1. The number of rotatable bonds is 10. The molecule has 2 aliphatic heterocycles. The molecule has 0 fully saturated rings. The van der Waals surface area contributed by atoms with Crippen LogP contribution in [0.25, 0.3) is 6.08 Å². The van der Waals surface area contributed by atoms with Crippen molar-refractivity contribution < 1.29 is 19.0 Å². The van der Waals surface area contributed by atoms with Gasteiger partial charge in [0.1, 0.15) is 24.0 Å². The highest BCUT2D eigenvalue weighted by Gasteiger charge is 2.35. The zero-order chi connectivity index (χ0) is 25.7. The van der Waals surface area contributed by atoms with Gasteiger partial charge >= 0.3 is 0 Å². The van der Waals surface area contributed by atoms with E-state index in [1.54, 1.807) is 25.3 Å². The second-order valence-electron chi connectivity index (χ2n) is 8.38. The summed E-state index contributed by atoms with van der Waals surface area (Å²) < 4.78 is 17.3. The molecule has 1 N–H and O–H groups in total. The van der Waals surface area contributed by atoms with Gasteiger partial charge in [0.25, 0.3) is 5.91 Å². The van der Waals surface area contributed by atoms with E-state index < -0.39 is 5.91 Å². The first-order valence-corrected chi connectivity index (χ1v) is 12.8. The fourth-order valence-electron chi connectivity index (χ4n) is 3.83. The number of fused-ring (bicyclic) bond motifs is 1. The molecule has 0 saturated carbocycles. The Hall–Kier alpha value is -3.59. The minimum atomic E-state index is -0.453. The SMILES string of the molecule is CCCC1=NN2C(=N)C(=Cc3ccc(OCCOc4cc(C)cc(CC)c4)c(OC)c3)C(=O)N=C2S1. The lowest BCUT2D eigenvalue weighted by Gasteiger charge is -2.20. The van der Waals surface area contributed by atoms with Crippen LogP contribution in [-0.4, -0.2) is 47.3 Å². The van der Waals surface area contributed by atoms with Crippen LogP contribution >= 0.6 is 11.8 Å². The highest BCUT2D eigenvalue weighted by atomic mass is 32.2. The van der Waals surface area contributed by atoms with E-state index in [1.807, 2.05) is 18.2 Å². The Morgan fingerprint density at radius 2 is 1.89 bits per heavy atom. The normalized spacial score (nSPS) is 16.1. The van der Waals surface area contributed by atoms with Gasteiger partial charge in [-0.2, -0.15) is 15.1 Å². The van der Waals surface area contributed by atoms with Crippen LogP contribution in [0, 0.1) is 12.3 Å². The number of methoxy groups -OCH3 is 1. The van der Waals surface area contributed by atoms with Gasteiger partial charge < -0.3 is 14.2 Å². The molecule has 0 unspecified atom stereocenters. The quantitative estimate of drug-likeness (QED) is 0.340. The van der Waals surface area contributed by atoms with Crippen molar-refractivity contribution in [3.05, 3.63) is 58.7 Å². The smallest absolute Gasteiger partial charge is 0.283 e. The summed E-state index contributed by atoms with van der Waals surface area (Å²) in [7, 11) is 1.56. The predicted octanol–water partition coefficient (Wildman–Crippen LogP) is 5.44. The van der Waals surface area contributed by atoms with E-state index in [0.717, 1.165) is 30.1 Å². The highest BCUT2D eigenvalue weighted by molar-refractivity contribution is 8.26. The van der Waals surface area contributed by atoms with Gasteiger partial charge in [0.2, 0.25) is 5.17 Å². The first-order chi connectivity index (χ1) is 17.4. The maximum absolute atomic E-state index is 12.6. The van der Waals surface area contributed by atoms with Crippen LogP contribution in [0.1, 0.15) is 43.4 Å². The van der Waals surface area contributed by atoms with E-state index in [0.29, 0.717) is 35.4 Å². The van der Waals surface area contributed by atoms with E-state index in [2.05, 4.69) is 36.9 Å². The van der Waals surface area contributed by atoms with E-state index in [9.17, 15) is 4.79 Å². The van der Waals surface area contributed by atoms with Crippen molar-refractivity contribution in [2.45, 2.75) is 40.0 Å². The Bertz CT molecular complexity index is 1270. The second kappa shape index (κ2) is 11.4. The van der Waals surface area contributed by atoms with Gasteiger partial charge in [-0.05, 0) is 85.0 Å². The third-order valence-electron chi connectivity index (χ3n) is 5.59. The molecule has 0 atom stereocenters. The lowest BCUT2D eigenvalue weighted by molar-refractivity contribution is -0.114. The molecule has 0 radical (unpaired) electrons. The summed E-state index contributed by atoms with van der Waals surface area (Å²) >= 11 is 1.34. The number of nitrogens with zero attached hydrogens (tertiary/aromatic N) is 3. The van der Waals surface area contributed by atoms with Gasteiger partial charge in [-0.25, -0.2) is 0 Å². The van der Waals surface area contributed by atoms with Gasteiger partial charge in [0, 0.05) is 0 Å². The molecule has 8 nitrogen and oxygen atoms in total. The van der Waals surface area contributed by atoms with Gasteiger partial charge in [0.15, 0.2) is 17.3 Å². The molecule has 0 saturated heterocycles. The number of amidine groups is 2. The van der Waals surface area contributed by atoms with Crippen LogP contribution in [-0.2, 0) is 11.2 Å². The first-order valence-electron chi connectivity index (χ1n) is 11.9. The summed E-state index contributed by atoms with van der Waals surface area (Å²) in [5.41, 5.74) is 3.27. The predicted molar refractivity (Wildman–Crippen MR) is 144 cm³/mol. The number of ether oxygens (including phenoxy) is 3. The van der Waals surface area contributed by atoms with Crippen LogP contribution < -0.4 is 14.2 Å². The molecule has 0 aromatic heterocycles. The van der Waals surface area contributed by atoms with Gasteiger partial charge in [-0.1, -0.05) is 26.0 Å². The number of thioether (sulfide) groups is 1. The minimum absolute atomic E-state index is 0.0161. The van der Waals surface area contributed by atoms with E-state index in [4.69, 9.17) is 19.6 Å². The Balaban J connectivity index is 1.42. The zero-order valence-electron chi connectivity index (χ0n) is 21.0. The van der Waals surface area contributed by atoms with Crippen molar-refractivity contribution in [2.75, 3.05) is 20.3 Å². The third-order valence-corrected chi connectivity index (χ3v) is 6.56. The summed E-state index contributed by atoms with van der Waals surface area (Å²) in [4.78, 5) is 16.8. The molecular formula is C27H30N4O4S. The van der Waals surface area contributed by atoms with Crippen molar-refractivity contribution in [3.8, 4) is 17.2 Å². The molecule has 0 bridgehead atoms. The molecular weight excluding hydrogens is 476 g/mol. The Morgan fingerprint density at radius 1 is 1.08 bits per heavy atom. The van der Waals surface area contributed by atoms with Crippen LogP contribution in [0.2, 0.25) is 0 Å². The Morgan fingerprint density at radius 3 is 2.64 bits per heavy atom. The van der Waals surface area contributed by atoms with Crippen LogP contribution in [0.3, 0.4) is 0 Å². The molecule has 9 heteroatoms. The molecule has 0 aliphatic carbocycles. The molecule has 36 heavy (non-hydrogen) atoms. The molecule has 1 amide bonds.